The van der Waals surface area contributed by atoms with Crippen LogP contribution in [0.5, 0.6) is 0 Å². The summed E-state index contributed by atoms with van der Waals surface area (Å²) in [5.74, 6) is -0.0878. The minimum absolute atomic E-state index is 0.0878. The van der Waals surface area contributed by atoms with Gasteiger partial charge < -0.3 is 10.6 Å². The lowest BCUT2D eigenvalue weighted by molar-refractivity contribution is 0.0611. The summed E-state index contributed by atoms with van der Waals surface area (Å²) >= 11 is 6.00. The summed E-state index contributed by atoms with van der Waals surface area (Å²) in [7, 11) is 0. The highest BCUT2D eigenvalue weighted by Gasteiger charge is 2.30. The summed E-state index contributed by atoms with van der Waals surface area (Å²) in [6.45, 7) is 4.47. The van der Waals surface area contributed by atoms with Crippen LogP contribution in [0.3, 0.4) is 0 Å². The fraction of sp³-hybridized carbons (Fsp3) is 0.438. The van der Waals surface area contributed by atoms with Crippen molar-refractivity contribution in [2.45, 2.75) is 38.8 Å². The Morgan fingerprint density at radius 3 is 2.87 bits per heavy atom. The Bertz CT molecular complexity index is 729. The molecule has 6 nitrogen and oxygen atoms in total. The van der Waals surface area contributed by atoms with Gasteiger partial charge in [0, 0.05) is 23.7 Å². The van der Waals surface area contributed by atoms with Gasteiger partial charge in [0.1, 0.15) is 0 Å². The molecule has 1 aliphatic heterocycles. The summed E-state index contributed by atoms with van der Waals surface area (Å²) in [4.78, 5) is 16.1. The molecule has 0 unspecified atom stereocenters. The minimum atomic E-state index is -0.0878. The minimum Gasteiger partial charge on any atom is -0.334 e. The number of hydrogen-bond acceptors (Lipinski definition) is 4. The Labute approximate surface area is 140 Å². The van der Waals surface area contributed by atoms with Gasteiger partial charge in [-0.15, -0.1) is 5.10 Å². The summed E-state index contributed by atoms with van der Waals surface area (Å²) in [6, 6.07) is 7.50. The maximum absolute atomic E-state index is 12.8. The second-order valence-electron chi connectivity index (χ2n) is 6.04. The first-order chi connectivity index (χ1) is 11.0. The Morgan fingerprint density at radius 2 is 2.17 bits per heavy atom. The lowest BCUT2D eigenvalue weighted by Gasteiger charge is -2.35. The van der Waals surface area contributed by atoms with E-state index in [1.165, 1.54) is 4.80 Å². The van der Waals surface area contributed by atoms with Gasteiger partial charge in [-0.05, 0) is 44.9 Å². The van der Waals surface area contributed by atoms with Gasteiger partial charge in [-0.2, -0.15) is 9.90 Å². The molecule has 1 fully saturated rings. The van der Waals surface area contributed by atoms with Gasteiger partial charge in [0.25, 0.3) is 5.91 Å². The predicted octanol–water partition coefficient (Wildman–Crippen LogP) is 2.18. The molecule has 2 heterocycles. The quantitative estimate of drug-likeness (QED) is 0.913. The van der Waals surface area contributed by atoms with Gasteiger partial charge >= 0.3 is 0 Å². The number of carbonyl (C=O) groups is 1. The normalized spacial score (nSPS) is 21.5. The van der Waals surface area contributed by atoms with Crippen LogP contribution in [0, 0.1) is 6.92 Å². The number of hydrogen-bond donors (Lipinski definition) is 1. The largest absolute Gasteiger partial charge is 0.334 e. The summed E-state index contributed by atoms with van der Waals surface area (Å²) in [6.07, 6.45) is 1.63. The monoisotopic (exact) mass is 333 g/mol. The van der Waals surface area contributed by atoms with Gasteiger partial charge in [0.2, 0.25) is 0 Å². The second kappa shape index (κ2) is 6.29. The maximum atomic E-state index is 12.8. The maximum Gasteiger partial charge on any atom is 0.276 e. The molecule has 1 saturated heterocycles. The van der Waals surface area contributed by atoms with Crippen molar-refractivity contribution in [1.82, 2.24) is 19.9 Å². The highest BCUT2D eigenvalue weighted by Crippen LogP contribution is 2.20. The van der Waals surface area contributed by atoms with Crippen molar-refractivity contribution < 1.29 is 4.79 Å². The molecule has 7 heteroatoms. The molecule has 0 bridgehead atoms. The lowest BCUT2D eigenvalue weighted by Crippen LogP contribution is -2.48. The molecule has 0 spiro atoms. The number of aromatic nitrogens is 3. The lowest BCUT2D eigenvalue weighted by atomic mass is 9.99. The smallest absolute Gasteiger partial charge is 0.276 e. The van der Waals surface area contributed by atoms with Crippen molar-refractivity contribution in [3.8, 4) is 5.69 Å². The third-order valence-electron chi connectivity index (χ3n) is 4.20. The zero-order valence-corrected chi connectivity index (χ0v) is 14.0. The van der Waals surface area contributed by atoms with E-state index in [4.69, 9.17) is 17.3 Å². The van der Waals surface area contributed by atoms with Crippen LogP contribution in [0.1, 0.15) is 35.9 Å². The summed E-state index contributed by atoms with van der Waals surface area (Å²) in [5, 5.41) is 9.33. The third kappa shape index (κ3) is 3.23. The molecular formula is C16H20ClN5O. The van der Waals surface area contributed by atoms with Crippen molar-refractivity contribution in [2.75, 3.05) is 6.54 Å². The van der Waals surface area contributed by atoms with Gasteiger partial charge in [-0.3, -0.25) is 4.79 Å². The Hall–Kier alpha value is -1.92. The van der Waals surface area contributed by atoms with Gasteiger partial charge in [-0.25, -0.2) is 0 Å². The highest BCUT2D eigenvalue weighted by molar-refractivity contribution is 6.30. The van der Waals surface area contributed by atoms with Crippen molar-refractivity contribution >= 4 is 17.5 Å². The average molecular weight is 334 g/mol. The van der Waals surface area contributed by atoms with E-state index in [1.807, 2.05) is 24.0 Å². The second-order valence-corrected chi connectivity index (χ2v) is 6.47. The average Bonchev–Trinajstić information content (AvgIpc) is 2.89. The topological polar surface area (TPSA) is 77.0 Å². The van der Waals surface area contributed by atoms with Crippen LogP contribution in [0.4, 0.5) is 0 Å². The fourth-order valence-electron chi connectivity index (χ4n) is 2.94. The SMILES string of the molecule is Cc1nn(-c2cccc(Cl)c2)nc1C(=O)N1CC[C@H](N)C[C@H]1C. The number of aryl methyl sites for hydroxylation is 1. The van der Waals surface area contributed by atoms with Crippen LogP contribution in [-0.4, -0.2) is 44.4 Å². The van der Waals surface area contributed by atoms with Crippen LogP contribution in [-0.2, 0) is 0 Å². The molecular weight excluding hydrogens is 314 g/mol. The van der Waals surface area contributed by atoms with E-state index in [-0.39, 0.29) is 18.0 Å². The molecule has 2 atom stereocenters. The molecule has 122 valence electrons. The third-order valence-corrected chi connectivity index (χ3v) is 4.44. The number of carbonyl (C=O) groups excluding carboxylic acids is 1. The van der Waals surface area contributed by atoms with Gasteiger partial charge in [0.05, 0.1) is 11.4 Å². The summed E-state index contributed by atoms with van der Waals surface area (Å²) < 4.78 is 0. The van der Waals surface area contributed by atoms with E-state index < -0.39 is 0 Å². The number of rotatable bonds is 2. The zero-order valence-electron chi connectivity index (χ0n) is 13.2. The van der Waals surface area contributed by atoms with Crippen LogP contribution in [0.25, 0.3) is 5.69 Å². The van der Waals surface area contributed by atoms with E-state index in [2.05, 4.69) is 10.2 Å². The van der Waals surface area contributed by atoms with Gasteiger partial charge in [0.15, 0.2) is 5.69 Å². The molecule has 3 rings (SSSR count). The molecule has 1 amide bonds. The van der Waals surface area contributed by atoms with Gasteiger partial charge in [-0.1, -0.05) is 17.7 Å². The molecule has 0 aliphatic carbocycles. The summed E-state index contributed by atoms with van der Waals surface area (Å²) in [5.41, 5.74) is 7.69. The Kier molecular flexibility index (Phi) is 4.37. The molecule has 1 aromatic heterocycles. The Morgan fingerprint density at radius 1 is 1.39 bits per heavy atom. The number of nitrogens with zero attached hydrogens (tertiary/aromatic N) is 4. The fourth-order valence-corrected chi connectivity index (χ4v) is 3.12. The molecule has 1 aliphatic rings. The molecule has 2 aromatic rings. The van der Waals surface area contributed by atoms with Crippen LogP contribution >= 0.6 is 11.6 Å². The van der Waals surface area contributed by atoms with E-state index in [9.17, 15) is 4.79 Å². The predicted molar refractivity (Wildman–Crippen MR) is 88.8 cm³/mol. The zero-order chi connectivity index (χ0) is 16.6. The standard InChI is InChI=1S/C16H20ClN5O/c1-10-8-13(18)6-7-21(10)16(23)15-11(2)19-22(20-15)14-5-3-4-12(17)9-14/h3-5,9-10,13H,6-8,18H2,1-2H3/t10-,13+/m1/s1. The first-order valence-corrected chi connectivity index (χ1v) is 8.10. The Balaban J connectivity index is 1.87. The van der Waals surface area contributed by atoms with Crippen LogP contribution in [0.15, 0.2) is 24.3 Å². The molecule has 0 saturated carbocycles. The highest BCUT2D eigenvalue weighted by atomic mass is 35.5. The van der Waals surface area contributed by atoms with Crippen molar-refractivity contribution in [2.24, 2.45) is 5.73 Å². The van der Waals surface area contributed by atoms with Crippen LogP contribution in [0.2, 0.25) is 5.02 Å². The number of halogens is 1. The number of nitrogens with two attached hydrogens (primary N) is 1. The van der Waals surface area contributed by atoms with Crippen molar-refractivity contribution in [3.63, 3.8) is 0 Å². The van der Waals surface area contributed by atoms with E-state index in [1.54, 1.807) is 19.1 Å². The number of piperidine rings is 1. The molecule has 2 N–H and O–H groups in total. The number of amides is 1. The van der Waals surface area contributed by atoms with Crippen molar-refractivity contribution in [1.29, 1.82) is 0 Å². The van der Waals surface area contributed by atoms with E-state index >= 15 is 0 Å². The molecule has 0 radical (unpaired) electrons. The van der Waals surface area contributed by atoms with E-state index in [0.29, 0.717) is 23.0 Å². The molecule has 23 heavy (non-hydrogen) atoms. The molecule has 1 aromatic carbocycles. The number of benzene rings is 1. The van der Waals surface area contributed by atoms with Crippen molar-refractivity contribution in [3.05, 3.63) is 40.7 Å². The number of likely N-dealkylation sites (tertiary alicyclic amines) is 1. The van der Waals surface area contributed by atoms with E-state index in [0.717, 1.165) is 18.5 Å². The first kappa shape index (κ1) is 16.0. The first-order valence-electron chi connectivity index (χ1n) is 7.72. The van der Waals surface area contributed by atoms with Crippen LogP contribution < -0.4 is 5.73 Å².